The van der Waals surface area contributed by atoms with E-state index >= 15 is 0 Å². The van der Waals surface area contributed by atoms with Gasteiger partial charge in [0.05, 0.1) is 13.2 Å². The first kappa shape index (κ1) is 14.7. The van der Waals surface area contributed by atoms with Crippen molar-refractivity contribution in [2.75, 3.05) is 44.3 Å². The van der Waals surface area contributed by atoms with Gasteiger partial charge in [0.1, 0.15) is 5.82 Å². The molecule has 2 amide bonds. The second kappa shape index (κ2) is 7.21. The number of benzene rings is 1. The van der Waals surface area contributed by atoms with Crippen molar-refractivity contribution in [3.8, 4) is 0 Å². The van der Waals surface area contributed by atoms with Gasteiger partial charge in [-0.15, -0.1) is 0 Å². The van der Waals surface area contributed by atoms with E-state index < -0.39 is 0 Å². The Kier molecular flexibility index (Phi) is 5.31. The third-order valence-electron chi connectivity index (χ3n) is 3.22. The van der Waals surface area contributed by atoms with Crippen molar-refractivity contribution in [2.45, 2.75) is 6.42 Å². The van der Waals surface area contributed by atoms with Crippen molar-refractivity contribution in [3.63, 3.8) is 0 Å². The van der Waals surface area contributed by atoms with Crippen LogP contribution in [0.3, 0.4) is 0 Å². The quantitative estimate of drug-likeness (QED) is 0.908. The summed E-state index contributed by atoms with van der Waals surface area (Å²) in [6.07, 6.45) is 0.673. The summed E-state index contributed by atoms with van der Waals surface area (Å²) in [5.41, 5.74) is 6.08. The monoisotopic (exact) mass is 281 g/mol. The van der Waals surface area contributed by atoms with Crippen molar-refractivity contribution in [1.29, 1.82) is 0 Å². The maximum atomic E-state index is 13.4. The van der Waals surface area contributed by atoms with Crippen LogP contribution in [0.15, 0.2) is 24.3 Å². The van der Waals surface area contributed by atoms with Gasteiger partial charge in [0.15, 0.2) is 0 Å². The SMILES string of the molecule is NCCCN(C(=O)N1CCOCC1)c1cccc(F)c1. The van der Waals surface area contributed by atoms with Crippen LogP contribution >= 0.6 is 0 Å². The van der Waals surface area contributed by atoms with Crippen molar-refractivity contribution < 1.29 is 13.9 Å². The highest BCUT2D eigenvalue weighted by molar-refractivity contribution is 5.92. The first-order chi connectivity index (χ1) is 9.72. The number of nitrogens with zero attached hydrogens (tertiary/aromatic N) is 2. The van der Waals surface area contributed by atoms with Gasteiger partial charge >= 0.3 is 6.03 Å². The molecule has 1 aromatic rings. The molecule has 1 heterocycles. The fourth-order valence-electron chi connectivity index (χ4n) is 2.15. The molecule has 6 heteroatoms. The number of nitrogens with two attached hydrogens (primary N) is 1. The summed E-state index contributed by atoms with van der Waals surface area (Å²) in [7, 11) is 0. The first-order valence-corrected chi connectivity index (χ1v) is 6.82. The number of rotatable bonds is 4. The molecule has 20 heavy (non-hydrogen) atoms. The fraction of sp³-hybridized carbons (Fsp3) is 0.500. The second-order valence-corrected chi connectivity index (χ2v) is 4.66. The summed E-state index contributed by atoms with van der Waals surface area (Å²) in [5.74, 6) is -0.352. The van der Waals surface area contributed by atoms with E-state index in [-0.39, 0.29) is 11.8 Å². The molecule has 0 radical (unpaired) electrons. The van der Waals surface area contributed by atoms with Crippen LogP contribution in [0, 0.1) is 5.82 Å². The van der Waals surface area contributed by atoms with Gasteiger partial charge < -0.3 is 15.4 Å². The summed E-state index contributed by atoms with van der Waals surface area (Å²) < 4.78 is 18.6. The second-order valence-electron chi connectivity index (χ2n) is 4.66. The molecule has 0 aliphatic carbocycles. The molecule has 0 spiro atoms. The molecule has 1 saturated heterocycles. The highest BCUT2D eigenvalue weighted by Gasteiger charge is 2.23. The minimum absolute atomic E-state index is 0.118. The van der Waals surface area contributed by atoms with E-state index in [9.17, 15) is 9.18 Å². The van der Waals surface area contributed by atoms with E-state index in [1.54, 1.807) is 21.9 Å². The van der Waals surface area contributed by atoms with Gasteiger partial charge in [0.25, 0.3) is 0 Å². The molecule has 5 nitrogen and oxygen atoms in total. The Morgan fingerprint density at radius 2 is 2.15 bits per heavy atom. The Hall–Kier alpha value is -1.66. The number of carbonyl (C=O) groups excluding carboxylic acids is 1. The maximum Gasteiger partial charge on any atom is 0.324 e. The Labute approximate surface area is 118 Å². The number of hydrogen-bond donors (Lipinski definition) is 1. The predicted octanol–water partition coefficient (Wildman–Crippen LogP) is 1.43. The molecule has 1 fully saturated rings. The van der Waals surface area contributed by atoms with E-state index in [0.717, 1.165) is 0 Å². The van der Waals surface area contributed by atoms with E-state index in [1.165, 1.54) is 12.1 Å². The molecule has 0 saturated carbocycles. The lowest BCUT2D eigenvalue weighted by Gasteiger charge is -2.33. The summed E-state index contributed by atoms with van der Waals surface area (Å²) >= 11 is 0. The van der Waals surface area contributed by atoms with E-state index in [0.29, 0.717) is 51.5 Å². The molecule has 0 atom stereocenters. The van der Waals surface area contributed by atoms with Crippen LogP contribution in [-0.2, 0) is 4.74 Å². The standard InChI is InChI=1S/C14H20FN3O2/c15-12-3-1-4-13(11-12)18(6-2-5-16)14(19)17-7-9-20-10-8-17/h1,3-4,11H,2,5-10,16H2. The highest BCUT2D eigenvalue weighted by atomic mass is 19.1. The van der Waals surface area contributed by atoms with Crippen LogP contribution in [0.5, 0.6) is 0 Å². The Bertz CT molecular complexity index is 450. The molecular weight excluding hydrogens is 261 g/mol. The predicted molar refractivity (Wildman–Crippen MR) is 75.2 cm³/mol. The van der Waals surface area contributed by atoms with Gasteiger partial charge in [-0.25, -0.2) is 9.18 Å². The van der Waals surface area contributed by atoms with Crippen LogP contribution in [0.1, 0.15) is 6.42 Å². The third kappa shape index (κ3) is 3.68. The number of hydrogen-bond acceptors (Lipinski definition) is 3. The van der Waals surface area contributed by atoms with Gasteiger partial charge in [-0.05, 0) is 31.2 Å². The molecule has 1 aliphatic heterocycles. The molecule has 0 aromatic heterocycles. The topological polar surface area (TPSA) is 58.8 Å². The van der Waals surface area contributed by atoms with Crippen LogP contribution < -0.4 is 10.6 Å². The molecule has 0 bridgehead atoms. The highest BCUT2D eigenvalue weighted by Crippen LogP contribution is 2.18. The minimum atomic E-state index is -0.352. The van der Waals surface area contributed by atoms with Crippen LogP contribution in [0.2, 0.25) is 0 Å². The summed E-state index contributed by atoms with van der Waals surface area (Å²) in [4.78, 5) is 15.9. The zero-order chi connectivity index (χ0) is 14.4. The summed E-state index contributed by atoms with van der Waals surface area (Å²) in [6, 6.07) is 5.95. The van der Waals surface area contributed by atoms with Crippen LogP contribution in [-0.4, -0.2) is 50.3 Å². The van der Waals surface area contributed by atoms with Gasteiger partial charge in [0.2, 0.25) is 0 Å². The number of ether oxygens (including phenoxy) is 1. The number of amides is 2. The van der Waals surface area contributed by atoms with E-state index in [2.05, 4.69) is 0 Å². The van der Waals surface area contributed by atoms with Crippen LogP contribution in [0.4, 0.5) is 14.9 Å². The van der Waals surface area contributed by atoms with Crippen molar-refractivity contribution in [3.05, 3.63) is 30.1 Å². The van der Waals surface area contributed by atoms with E-state index in [1.807, 2.05) is 0 Å². The first-order valence-electron chi connectivity index (χ1n) is 6.82. The lowest BCUT2D eigenvalue weighted by molar-refractivity contribution is 0.0548. The zero-order valence-electron chi connectivity index (χ0n) is 11.4. The molecule has 1 aromatic carbocycles. The summed E-state index contributed by atoms with van der Waals surface area (Å²) in [6.45, 7) is 3.18. The van der Waals surface area contributed by atoms with Gasteiger partial charge in [-0.3, -0.25) is 4.90 Å². The number of anilines is 1. The average Bonchev–Trinajstić information content (AvgIpc) is 2.48. The van der Waals surface area contributed by atoms with Crippen molar-refractivity contribution in [1.82, 2.24) is 4.90 Å². The van der Waals surface area contributed by atoms with Crippen LogP contribution in [0.25, 0.3) is 0 Å². The zero-order valence-corrected chi connectivity index (χ0v) is 11.4. The molecule has 2 N–H and O–H groups in total. The third-order valence-corrected chi connectivity index (χ3v) is 3.22. The van der Waals surface area contributed by atoms with Gasteiger partial charge in [0, 0.05) is 25.3 Å². The number of carbonyl (C=O) groups is 1. The number of urea groups is 1. The molecule has 1 aliphatic rings. The maximum absolute atomic E-state index is 13.4. The van der Waals surface area contributed by atoms with Gasteiger partial charge in [-0.2, -0.15) is 0 Å². The number of halogens is 1. The molecule has 0 unspecified atom stereocenters. The fourth-order valence-corrected chi connectivity index (χ4v) is 2.15. The normalized spacial score (nSPS) is 15.2. The molecule has 2 rings (SSSR count). The minimum Gasteiger partial charge on any atom is -0.378 e. The molecular formula is C14H20FN3O2. The van der Waals surface area contributed by atoms with Crippen molar-refractivity contribution in [2.24, 2.45) is 5.73 Å². The lowest BCUT2D eigenvalue weighted by Crippen LogP contribution is -2.49. The lowest BCUT2D eigenvalue weighted by atomic mass is 10.2. The summed E-state index contributed by atoms with van der Waals surface area (Å²) in [5, 5.41) is 0. The number of morpholine rings is 1. The van der Waals surface area contributed by atoms with E-state index in [4.69, 9.17) is 10.5 Å². The average molecular weight is 281 g/mol. The largest absolute Gasteiger partial charge is 0.378 e. The Morgan fingerprint density at radius 3 is 2.80 bits per heavy atom. The smallest absolute Gasteiger partial charge is 0.324 e. The van der Waals surface area contributed by atoms with Crippen molar-refractivity contribution >= 4 is 11.7 Å². The molecule has 110 valence electrons. The Morgan fingerprint density at radius 1 is 1.40 bits per heavy atom. The Balaban J connectivity index is 2.15. The van der Waals surface area contributed by atoms with Gasteiger partial charge in [-0.1, -0.05) is 6.07 Å².